The molecule has 0 aliphatic heterocycles. The lowest BCUT2D eigenvalue weighted by molar-refractivity contribution is -0.146. The lowest BCUT2D eigenvalue weighted by Gasteiger charge is -1.99. The minimum absolute atomic E-state index is 0.0290. The van der Waals surface area contributed by atoms with Gasteiger partial charge in [0.25, 0.3) is 0 Å². The first-order valence-corrected chi connectivity index (χ1v) is 3.37. The van der Waals surface area contributed by atoms with E-state index < -0.39 is 5.97 Å². The van der Waals surface area contributed by atoms with E-state index >= 15 is 0 Å². The van der Waals surface area contributed by atoms with Gasteiger partial charge in [0, 0.05) is 7.11 Å². The van der Waals surface area contributed by atoms with Gasteiger partial charge in [0.05, 0.1) is 6.61 Å². The van der Waals surface area contributed by atoms with E-state index in [2.05, 4.69) is 9.47 Å². The Hall–Kier alpha value is -0.900. The van der Waals surface area contributed by atoms with Crippen LogP contribution >= 0.6 is 0 Å². The van der Waals surface area contributed by atoms with Gasteiger partial charge < -0.3 is 9.47 Å². The van der Waals surface area contributed by atoms with Crippen LogP contribution < -0.4 is 0 Å². The van der Waals surface area contributed by atoms with Crippen LogP contribution in [0.2, 0.25) is 0 Å². The lowest BCUT2D eigenvalue weighted by Crippen LogP contribution is -2.14. The fraction of sp³-hybridized carbons (Fsp3) is 0.714. The normalized spacial score (nSPS) is 9.27. The lowest BCUT2D eigenvalue weighted by atomic mass is 10.3. The fourth-order valence-corrected chi connectivity index (χ4v) is 0.585. The maximum Gasteiger partial charge on any atom is 0.313 e. The molecule has 0 heterocycles. The molecule has 0 atom stereocenters. The predicted molar refractivity (Wildman–Crippen MR) is 38.1 cm³/mol. The molecule has 0 bridgehead atoms. The van der Waals surface area contributed by atoms with E-state index in [1.165, 1.54) is 7.11 Å². The number of hydrogen-bond acceptors (Lipinski definition) is 4. The van der Waals surface area contributed by atoms with Crippen LogP contribution in [0, 0.1) is 0 Å². The summed E-state index contributed by atoms with van der Waals surface area (Å²) in [4.78, 5) is 21.3. The molecule has 4 nitrogen and oxygen atoms in total. The fourth-order valence-electron chi connectivity index (χ4n) is 0.585. The summed E-state index contributed by atoms with van der Waals surface area (Å²) in [6.45, 7) is 1.97. The van der Waals surface area contributed by atoms with Crippen molar-refractivity contribution < 1.29 is 19.1 Å². The second kappa shape index (κ2) is 5.85. The Kier molecular flexibility index (Phi) is 5.37. The molecule has 0 saturated heterocycles. The molecule has 0 aromatic heterocycles. The van der Waals surface area contributed by atoms with E-state index in [1.54, 1.807) is 6.92 Å². The summed E-state index contributed by atoms with van der Waals surface area (Å²) in [6, 6.07) is 0. The van der Waals surface area contributed by atoms with Gasteiger partial charge in [0.15, 0.2) is 5.78 Å². The maximum atomic E-state index is 10.7. The third kappa shape index (κ3) is 5.54. The zero-order valence-electron chi connectivity index (χ0n) is 6.75. The molecule has 0 radical (unpaired) electrons. The number of carbonyl (C=O) groups is 2. The van der Waals surface area contributed by atoms with Gasteiger partial charge >= 0.3 is 5.97 Å². The van der Waals surface area contributed by atoms with E-state index in [0.717, 1.165) is 0 Å². The first-order valence-electron chi connectivity index (χ1n) is 3.37. The van der Waals surface area contributed by atoms with Crippen LogP contribution in [0.15, 0.2) is 0 Å². The first kappa shape index (κ1) is 10.1. The summed E-state index contributed by atoms with van der Waals surface area (Å²) in [6.07, 6.45) is -0.193. The van der Waals surface area contributed by atoms with Crippen molar-refractivity contribution in [1.29, 1.82) is 0 Å². The van der Waals surface area contributed by atoms with E-state index in [9.17, 15) is 9.59 Å². The topological polar surface area (TPSA) is 52.6 Å². The Balaban J connectivity index is 3.49. The van der Waals surface area contributed by atoms with Crippen LogP contribution in [0.4, 0.5) is 0 Å². The third-order valence-corrected chi connectivity index (χ3v) is 0.952. The zero-order chi connectivity index (χ0) is 8.69. The van der Waals surface area contributed by atoms with Crippen molar-refractivity contribution >= 4 is 11.8 Å². The van der Waals surface area contributed by atoms with Gasteiger partial charge in [-0.05, 0) is 6.92 Å². The van der Waals surface area contributed by atoms with Crippen molar-refractivity contribution in [3.8, 4) is 0 Å². The van der Waals surface area contributed by atoms with Crippen LogP contribution in [-0.4, -0.2) is 32.1 Å². The van der Waals surface area contributed by atoms with E-state index in [1.807, 2.05) is 0 Å². The van der Waals surface area contributed by atoms with Gasteiger partial charge in [0.2, 0.25) is 0 Å². The van der Waals surface area contributed by atoms with Crippen LogP contribution in [0.5, 0.6) is 0 Å². The average Bonchev–Trinajstić information content (AvgIpc) is 1.87. The molecular formula is C7H12O4. The van der Waals surface area contributed by atoms with Crippen molar-refractivity contribution in [1.82, 2.24) is 0 Å². The Morgan fingerprint density at radius 3 is 2.45 bits per heavy atom. The number of methoxy groups -OCH3 is 1. The number of esters is 1. The number of carbonyl (C=O) groups excluding carboxylic acids is 2. The molecule has 0 spiro atoms. The summed E-state index contributed by atoms with van der Waals surface area (Å²) >= 11 is 0. The molecular weight excluding hydrogens is 148 g/mol. The second-order valence-electron chi connectivity index (χ2n) is 1.95. The molecule has 0 fully saturated rings. The minimum Gasteiger partial charge on any atom is -0.466 e. The quantitative estimate of drug-likeness (QED) is 0.424. The summed E-state index contributed by atoms with van der Waals surface area (Å²) in [7, 11) is 1.41. The molecule has 11 heavy (non-hydrogen) atoms. The molecule has 0 aromatic rings. The second-order valence-corrected chi connectivity index (χ2v) is 1.95. The molecule has 0 aliphatic carbocycles. The van der Waals surface area contributed by atoms with Crippen molar-refractivity contribution in [3.63, 3.8) is 0 Å². The van der Waals surface area contributed by atoms with Gasteiger partial charge in [-0.2, -0.15) is 0 Å². The number of ether oxygens (including phenoxy) is 2. The van der Waals surface area contributed by atoms with E-state index in [-0.39, 0.29) is 18.8 Å². The summed E-state index contributed by atoms with van der Waals surface area (Å²) < 4.78 is 9.07. The smallest absolute Gasteiger partial charge is 0.313 e. The number of rotatable bonds is 5. The highest BCUT2D eigenvalue weighted by atomic mass is 16.5. The SMILES string of the molecule is CCOC(=O)CC(=O)COC. The highest BCUT2D eigenvalue weighted by Crippen LogP contribution is 1.88. The van der Waals surface area contributed by atoms with Crippen LogP contribution in [0.1, 0.15) is 13.3 Å². The molecule has 0 unspecified atom stereocenters. The van der Waals surface area contributed by atoms with Crippen LogP contribution in [-0.2, 0) is 19.1 Å². The molecule has 0 aliphatic rings. The van der Waals surface area contributed by atoms with Crippen LogP contribution in [0.3, 0.4) is 0 Å². The highest BCUT2D eigenvalue weighted by Gasteiger charge is 2.08. The van der Waals surface area contributed by atoms with Crippen molar-refractivity contribution in [2.24, 2.45) is 0 Å². The van der Waals surface area contributed by atoms with Gasteiger partial charge in [-0.25, -0.2) is 0 Å². The minimum atomic E-state index is -0.491. The molecule has 4 heteroatoms. The van der Waals surface area contributed by atoms with Gasteiger partial charge in [-0.1, -0.05) is 0 Å². The molecule has 0 aromatic carbocycles. The Morgan fingerprint density at radius 2 is 2.00 bits per heavy atom. The van der Waals surface area contributed by atoms with E-state index in [4.69, 9.17) is 0 Å². The number of ketones is 1. The summed E-state index contributed by atoms with van der Waals surface area (Å²) in [5.74, 6) is -0.750. The molecule has 64 valence electrons. The van der Waals surface area contributed by atoms with Crippen molar-refractivity contribution in [3.05, 3.63) is 0 Å². The summed E-state index contributed by atoms with van der Waals surface area (Å²) in [5, 5.41) is 0. The van der Waals surface area contributed by atoms with Gasteiger partial charge in [-0.15, -0.1) is 0 Å². The molecule has 0 N–H and O–H groups in total. The van der Waals surface area contributed by atoms with Crippen LogP contribution in [0.25, 0.3) is 0 Å². The van der Waals surface area contributed by atoms with Gasteiger partial charge in [-0.3, -0.25) is 9.59 Å². The average molecular weight is 160 g/mol. The molecule has 0 rings (SSSR count). The molecule has 0 saturated carbocycles. The van der Waals surface area contributed by atoms with Crippen molar-refractivity contribution in [2.75, 3.05) is 20.3 Å². The number of Topliss-reactive ketones (excluding diaryl/α,β-unsaturated/α-hetero) is 1. The van der Waals surface area contributed by atoms with Crippen molar-refractivity contribution in [2.45, 2.75) is 13.3 Å². The summed E-state index contributed by atoms with van der Waals surface area (Å²) in [5.41, 5.74) is 0. The first-order chi connectivity index (χ1) is 5.20. The maximum absolute atomic E-state index is 10.7. The Morgan fingerprint density at radius 1 is 1.36 bits per heavy atom. The Labute approximate surface area is 65.5 Å². The predicted octanol–water partition coefficient (Wildman–Crippen LogP) is 0.155. The third-order valence-electron chi connectivity index (χ3n) is 0.952. The largest absolute Gasteiger partial charge is 0.466 e. The van der Waals surface area contributed by atoms with Gasteiger partial charge in [0.1, 0.15) is 13.0 Å². The number of hydrogen-bond donors (Lipinski definition) is 0. The highest BCUT2D eigenvalue weighted by molar-refractivity contribution is 5.96. The monoisotopic (exact) mass is 160 g/mol. The Bertz CT molecular complexity index is 125. The molecule has 0 amide bonds. The zero-order valence-corrected chi connectivity index (χ0v) is 6.75. The van der Waals surface area contributed by atoms with E-state index in [0.29, 0.717) is 6.61 Å². The standard InChI is InChI=1S/C7H12O4/c1-3-11-7(9)4-6(8)5-10-2/h3-5H2,1-2H3.